The molecule has 2 aromatic rings. The predicted molar refractivity (Wildman–Crippen MR) is 69.6 cm³/mol. The van der Waals surface area contributed by atoms with Gasteiger partial charge in [0.2, 0.25) is 0 Å². The van der Waals surface area contributed by atoms with E-state index < -0.39 is 11.7 Å². The van der Waals surface area contributed by atoms with Gasteiger partial charge >= 0.3 is 6.18 Å². The topological polar surface area (TPSA) is 41.3 Å². The van der Waals surface area contributed by atoms with E-state index in [0.29, 0.717) is 6.54 Å². The van der Waals surface area contributed by atoms with Crippen molar-refractivity contribution in [1.82, 2.24) is 4.98 Å². The Balaban J connectivity index is 2.30. The van der Waals surface area contributed by atoms with Gasteiger partial charge < -0.3 is 14.6 Å². The number of halogens is 3. The van der Waals surface area contributed by atoms with E-state index in [4.69, 9.17) is 4.42 Å². The molecule has 20 heavy (non-hydrogen) atoms. The van der Waals surface area contributed by atoms with Gasteiger partial charge in [0.05, 0.1) is 18.1 Å². The number of aromatic nitrogens is 1. The van der Waals surface area contributed by atoms with Crippen LogP contribution < -0.4 is 10.2 Å². The van der Waals surface area contributed by atoms with Crippen molar-refractivity contribution in [2.45, 2.75) is 12.7 Å². The summed E-state index contributed by atoms with van der Waals surface area (Å²) in [5.74, 6) is 0.416. The van der Waals surface area contributed by atoms with Crippen molar-refractivity contribution in [1.29, 1.82) is 0 Å². The van der Waals surface area contributed by atoms with Gasteiger partial charge in [0.1, 0.15) is 11.6 Å². The summed E-state index contributed by atoms with van der Waals surface area (Å²) in [4.78, 5) is 5.76. The van der Waals surface area contributed by atoms with Crippen LogP contribution in [0, 0.1) is 0 Å². The molecular formula is C13H14F3N3O. The summed E-state index contributed by atoms with van der Waals surface area (Å²) < 4.78 is 43.4. The van der Waals surface area contributed by atoms with Gasteiger partial charge in [-0.15, -0.1) is 0 Å². The average molecular weight is 285 g/mol. The van der Waals surface area contributed by atoms with Crippen LogP contribution in [0.2, 0.25) is 0 Å². The van der Waals surface area contributed by atoms with Crippen LogP contribution in [0.25, 0.3) is 0 Å². The van der Waals surface area contributed by atoms with Gasteiger partial charge in [-0.3, -0.25) is 0 Å². The van der Waals surface area contributed by atoms with Crippen molar-refractivity contribution in [3.63, 3.8) is 0 Å². The van der Waals surface area contributed by atoms with Gasteiger partial charge in [0.25, 0.3) is 0 Å². The lowest BCUT2D eigenvalue weighted by Gasteiger charge is -2.20. The van der Waals surface area contributed by atoms with Gasteiger partial charge in [-0.2, -0.15) is 13.2 Å². The van der Waals surface area contributed by atoms with Crippen molar-refractivity contribution in [3.05, 3.63) is 41.9 Å². The van der Waals surface area contributed by atoms with E-state index in [1.165, 1.54) is 13.3 Å². The first-order valence-electron chi connectivity index (χ1n) is 5.89. The fourth-order valence-electron chi connectivity index (χ4n) is 1.74. The molecule has 108 valence electrons. The van der Waals surface area contributed by atoms with Crippen LogP contribution in [-0.4, -0.2) is 19.1 Å². The van der Waals surface area contributed by atoms with Gasteiger partial charge in [-0.1, -0.05) is 0 Å². The van der Waals surface area contributed by atoms with E-state index in [9.17, 15) is 13.2 Å². The van der Waals surface area contributed by atoms with Gasteiger partial charge in [0.15, 0.2) is 0 Å². The van der Waals surface area contributed by atoms with E-state index in [-0.39, 0.29) is 11.6 Å². The molecule has 0 radical (unpaired) electrons. The lowest BCUT2D eigenvalue weighted by molar-refractivity contribution is -0.137. The van der Waals surface area contributed by atoms with Crippen molar-refractivity contribution in [3.8, 4) is 0 Å². The van der Waals surface area contributed by atoms with E-state index in [1.807, 2.05) is 0 Å². The minimum absolute atomic E-state index is 0.175. The number of hydrogen-bond donors (Lipinski definition) is 1. The second kappa shape index (κ2) is 5.44. The second-order valence-corrected chi connectivity index (χ2v) is 4.33. The standard InChI is InChI=1S/C13H14F3N3O/c1-17-11-5-10(13(14,15)16)6-12(18-11)19(2)7-9-3-4-20-8-9/h3-6,8H,7H2,1-2H3,(H,17,18). The zero-order valence-electron chi connectivity index (χ0n) is 11.0. The molecule has 0 spiro atoms. The van der Waals surface area contributed by atoms with E-state index in [0.717, 1.165) is 17.7 Å². The first kappa shape index (κ1) is 14.2. The first-order chi connectivity index (χ1) is 9.40. The smallest absolute Gasteiger partial charge is 0.416 e. The Hall–Kier alpha value is -2.18. The predicted octanol–water partition coefficient (Wildman–Crippen LogP) is 3.37. The van der Waals surface area contributed by atoms with Gasteiger partial charge in [0, 0.05) is 26.2 Å². The van der Waals surface area contributed by atoms with Crippen molar-refractivity contribution in [2.24, 2.45) is 0 Å². The number of rotatable bonds is 4. The Morgan fingerprint density at radius 2 is 2.10 bits per heavy atom. The van der Waals surface area contributed by atoms with Gasteiger partial charge in [-0.05, 0) is 18.2 Å². The first-order valence-corrected chi connectivity index (χ1v) is 5.89. The highest BCUT2D eigenvalue weighted by Crippen LogP contribution is 2.32. The Labute approximate surface area is 114 Å². The van der Waals surface area contributed by atoms with Crippen LogP contribution in [0.15, 0.2) is 35.1 Å². The summed E-state index contributed by atoms with van der Waals surface area (Å²) in [5.41, 5.74) is 0.128. The molecular weight excluding hydrogens is 271 g/mol. The van der Waals surface area contributed by atoms with Crippen LogP contribution in [0.1, 0.15) is 11.1 Å². The molecule has 7 heteroatoms. The molecule has 0 aliphatic heterocycles. The maximum absolute atomic E-state index is 12.8. The molecule has 0 bridgehead atoms. The quantitative estimate of drug-likeness (QED) is 0.935. The maximum atomic E-state index is 12.8. The third-order valence-corrected chi connectivity index (χ3v) is 2.79. The number of nitrogens with zero attached hydrogens (tertiary/aromatic N) is 2. The van der Waals surface area contributed by atoms with E-state index in [2.05, 4.69) is 10.3 Å². The van der Waals surface area contributed by atoms with Crippen LogP contribution in [-0.2, 0) is 12.7 Å². The lowest BCUT2D eigenvalue weighted by atomic mass is 10.2. The summed E-state index contributed by atoms with van der Waals surface area (Å²) >= 11 is 0. The molecule has 0 amide bonds. The fraction of sp³-hybridized carbons (Fsp3) is 0.308. The Morgan fingerprint density at radius 1 is 1.35 bits per heavy atom. The molecule has 0 atom stereocenters. The molecule has 1 N–H and O–H groups in total. The molecule has 0 fully saturated rings. The molecule has 0 saturated carbocycles. The molecule has 0 aliphatic carbocycles. The molecule has 2 heterocycles. The highest BCUT2D eigenvalue weighted by atomic mass is 19.4. The van der Waals surface area contributed by atoms with Crippen molar-refractivity contribution in [2.75, 3.05) is 24.3 Å². The highest BCUT2D eigenvalue weighted by Gasteiger charge is 2.32. The monoisotopic (exact) mass is 285 g/mol. The normalized spacial score (nSPS) is 11.4. The van der Waals surface area contributed by atoms with Crippen molar-refractivity contribution >= 4 is 11.6 Å². The number of anilines is 2. The number of nitrogens with one attached hydrogen (secondary N) is 1. The largest absolute Gasteiger partial charge is 0.472 e. The minimum Gasteiger partial charge on any atom is -0.472 e. The van der Waals surface area contributed by atoms with Gasteiger partial charge in [-0.25, -0.2) is 4.98 Å². The molecule has 0 aromatic carbocycles. The SMILES string of the molecule is CNc1cc(C(F)(F)F)cc(N(C)Cc2ccoc2)n1. The summed E-state index contributed by atoms with van der Waals surface area (Å²) in [6, 6.07) is 3.76. The highest BCUT2D eigenvalue weighted by molar-refractivity contribution is 5.51. The Bertz CT molecular complexity index is 567. The number of pyridine rings is 1. The Kier molecular flexibility index (Phi) is 3.87. The zero-order valence-corrected chi connectivity index (χ0v) is 11.0. The molecule has 4 nitrogen and oxygen atoms in total. The summed E-state index contributed by atoms with van der Waals surface area (Å²) in [6.45, 7) is 0.411. The number of furan rings is 1. The number of hydrogen-bond acceptors (Lipinski definition) is 4. The average Bonchev–Trinajstić information content (AvgIpc) is 2.90. The third-order valence-electron chi connectivity index (χ3n) is 2.79. The molecule has 2 rings (SSSR count). The van der Waals surface area contributed by atoms with Crippen LogP contribution in [0.5, 0.6) is 0 Å². The lowest BCUT2D eigenvalue weighted by Crippen LogP contribution is -2.19. The summed E-state index contributed by atoms with van der Waals surface area (Å²) in [6.07, 6.45) is -1.34. The summed E-state index contributed by atoms with van der Waals surface area (Å²) in [7, 11) is 3.21. The van der Waals surface area contributed by atoms with E-state index >= 15 is 0 Å². The maximum Gasteiger partial charge on any atom is 0.416 e. The zero-order chi connectivity index (χ0) is 14.8. The molecule has 0 unspecified atom stereocenters. The third kappa shape index (κ3) is 3.23. The van der Waals surface area contributed by atoms with E-state index in [1.54, 1.807) is 24.3 Å². The Morgan fingerprint density at radius 3 is 2.65 bits per heavy atom. The number of alkyl halides is 3. The van der Waals surface area contributed by atoms with Crippen LogP contribution in [0.3, 0.4) is 0 Å². The molecule has 0 aliphatic rings. The molecule has 0 saturated heterocycles. The van der Waals surface area contributed by atoms with Crippen LogP contribution >= 0.6 is 0 Å². The second-order valence-electron chi connectivity index (χ2n) is 4.33. The fourth-order valence-corrected chi connectivity index (χ4v) is 1.74. The van der Waals surface area contributed by atoms with Crippen molar-refractivity contribution < 1.29 is 17.6 Å². The summed E-state index contributed by atoms with van der Waals surface area (Å²) in [5, 5.41) is 2.64. The minimum atomic E-state index is -4.40. The van der Waals surface area contributed by atoms with Crippen LogP contribution in [0.4, 0.5) is 24.8 Å². The molecule has 2 aromatic heterocycles.